The van der Waals surface area contributed by atoms with Gasteiger partial charge in [0.15, 0.2) is 6.29 Å². The van der Waals surface area contributed by atoms with E-state index in [1.807, 2.05) is 19.2 Å². The highest BCUT2D eigenvalue weighted by Crippen LogP contribution is 2.25. The largest absolute Gasteiger partial charge is 0.362 e. The Hall–Kier alpha value is -1.61. The Morgan fingerprint density at radius 3 is 2.47 bits per heavy atom. The van der Waals surface area contributed by atoms with Crippen LogP contribution in [0, 0.1) is 6.92 Å². The number of benzene rings is 1. The summed E-state index contributed by atoms with van der Waals surface area (Å²) in [6, 6.07) is 12.4. The molecule has 2 aromatic rings. The third kappa shape index (κ3) is 2.94. The molecule has 1 aromatic carbocycles. The summed E-state index contributed by atoms with van der Waals surface area (Å²) in [5.74, 6) is 0. The molecule has 0 saturated heterocycles. The van der Waals surface area contributed by atoms with Gasteiger partial charge in [0.05, 0.1) is 9.88 Å². The maximum Gasteiger partial charge on any atom is 0.160 e. The van der Waals surface area contributed by atoms with Crippen LogP contribution in [-0.4, -0.2) is 13.3 Å². The summed E-state index contributed by atoms with van der Waals surface area (Å²) in [6.07, 6.45) is 0.897. The number of anilines is 1. The molecule has 0 spiro atoms. The van der Waals surface area contributed by atoms with Gasteiger partial charge in [-0.3, -0.25) is 4.79 Å². The lowest BCUT2D eigenvalue weighted by molar-refractivity contribution is 0.112. The van der Waals surface area contributed by atoms with E-state index in [1.165, 1.54) is 22.5 Å². The number of thiophene rings is 1. The molecule has 17 heavy (non-hydrogen) atoms. The number of aryl methyl sites for hydroxylation is 1. The molecule has 0 bridgehead atoms. The van der Waals surface area contributed by atoms with Gasteiger partial charge in [0, 0.05) is 13.6 Å². The lowest BCUT2D eigenvalue weighted by Gasteiger charge is -2.17. The number of hydrogen-bond donors (Lipinski definition) is 0. The van der Waals surface area contributed by atoms with Gasteiger partial charge in [0.1, 0.15) is 0 Å². The number of carbonyl (C=O) groups excluding carboxylic acids is 1. The minimum absolute atomic E-state index is 0.774. The summed E-state index contributed by atoms with van der Waals surface area (Å²) in [7, 11) is 2.04. The average Bonchev–Trinajstić information content (AvgIpc) is 2.81. The van der Waals surface area contributed by atoms with Crippen molar-refractivity contribution in [1.29, 1.82) is 0 Å². The van der Waals surface area contributed by atoms with Crippen LogP contribution in [0.15, 0.2) is 36.4 Å². The van der Waals surface area contributed by atoms with Crippen LogP contribution in [0.3, 0.4) is 0 Å². The first-order chi connectivity index (χ1) is 8.19. The molecule has 2 nitrogen and oxygen atoms in total. The Bertz CT molecular complexity index is 501. The lowest BCUT2D eigenvalue weighted by Crippen LogP contribution is -2.14. The Morgan fingerprint density at radius 2 is 1.88 bits per heavy atom. The van der Waals surface area contributed by atoms with Gasteiger partial charge in [-0.05, 0) is 24.6 Å². The maximum atomic E-state index is 10.6. The van der Waals surface area contributed by atoms with Crippen molar-refractivity contribution in [3.05, 3.63) is 52.4 Å². The van der Waals surface area contributed by atoms with Crippen LogP contribution in [0.2, 0.25) is 0 Å². The van der Waals surface area contributed by atoms with Crippen molar-refractivity contribution in [3.63, 3.8) is 0 Å². The highest BCUT2D eigenvalue weighted by atomic mass is 32.1. The molecule has 3 heteroatoms. The van der Waals surface area contributed by atoms with Crippen LogP contribution in [0.1, 0.15) is 20.8 Å². The van der Waals surface area contributed by atoms with E-state index in [0.29, 0.717) is 0 Å². The molecule has 1 aromatic heterocycles. The molecule has 0 aliphatic rings. The van der Waals surface area contributed by atoms with E-state index in [4.69, 9.17) is 0 Å². The first-order valence-electron chi connectivity index (χ1n) is 5.51. The first-order valence-corrected chi connectivity index (χ1v) is 6.32. The summed E-state index contributed by atoms with van der Waals surface area (Å²) < 4.78 is 0. The van der Waals surface area contributed by atoms with Gasteiger partial charge in [0.2, 0.25) is 0 Å². The zero-order valence-electron chi connectivity index (χ0n) is 10.0. The van der Waals surface area contributed by atoms with Crippen LogP contribution in [0.5, 0.6) is 0 Å². The van der Waals surface area contributed by atoms with Gasteiger partial charge in [-0.1, -0.05) is 29.8 Å². The van der Waals surface area contributed by atoms with E-state index in [2.05, 4.69) is 36.1 Å². The van der Waals surface area contributed by atoms with E-state index >= 15 is 0 Å². The van der Waals surface area contributed by atoms with Crippen molar-refractivity contribution >= 4 is 22.6 Å². The molecule has 0 atom stereocenters. The fraction of sp³-hybridized carbons (Fsp3) is 0.214. The number of carbonyl (C=O) groups is 1. The molecule has 2 rings (SSSR count). The zero-order valence-corrected chi connectivity index (χ0v) is 10.8. The Labute approximate surface area is 106 Å². The molecule has 0 N–H and O–H groups in total. The number of aldehydes is 1. The maximum absolute atomic E-state index is 10.6. The first kappa shape index (κ1) is 11.9. The SMILES string of the molecule is Cc1ccc(CN(C)c2ccc(C=O)s2)cc1. The average molecular weight is 245 g/mol. The van der Waals surface area contributed by atoms with Crippen molar-refractivity contribution in [3.8, 4) is 0 Å². The smallest absolute Gasteiger partial charge is 0.160 e. The summed E-state index contributed by atoms with van der Waals surface area (Å²) in [4.78, 5) is 13.6. The van der Waals surface area contributed by atoms with Crippen molar-refractivity contribution in [2.45, 2.75) is 13.5 Å². The molecular formula is C14H15NOS. The zero-order chi connectivity index (χ0) is 12.3. The normalized spacial score (nSPS) is 10.2. The van der Waals surface area contributed by atoms with Crippen molar-refractivity contribution in [2.24, 2.45) is 0 Å². The van der Waals surface area contributed by atoms with Gasteiger partial charge in [-0.25, -0.2) is 0 Å². The minimum Gasteiger partial charge on any atom is -0.362 e. The van der Waals surface area contributed by atoms with Gasteiger partial charge in [0.25, 0.3) is 0 Å². The molecule has 88 valence electrons. The summed E-state index contributed by atoms with van der Waals surface area (Å²) >= 11 is 1.52. The van der Waals surface area contributed by atoms with E-state index in [1.54, 1.807) is 0 Å². The quantitative estimate of drug-likeness (QED) is 0.768. The van der Waals surface area contributed by atoms with Gasteiger partial charge in [-0.2, -0.15) is 0 Å². The Kier molecular flexibility index (Phi) is 3.59. The van der Waals surface area contributed by atoms with Gasteiger partial charge >= 0.3 is 0 Å². The third-order valence-electron chi connectivity index (χ3n) is 2.65. The fourth-order valence-electron chi connectivity index (χ4n) is 1.66. The molecule has 0 fully saturated rings. The standard InChI is InChI=1S/C14H15NOS/c1-11-3-5-12(6-4-11)9-15(2)14-8-7-13(10-16)17-14/h3-8,10H,9H2,1-2H3. The summed E-state index contributed by atoms with van der Waals surface area (Å²) in [5.41, 5.74) is 2.55. The van der Waals surface area contributed by atoms with Crippen LogP contribution in [-0.2, 0) is 6.54 Å². The second kappa shape index (κ2) is 5.15. The predicted octanol–water partition coefficient (Wildman–Crippen LogP) is 3.51. The highest BCUT2D eigenvalue weighted by molar-refractivity contribution is 7.17. The molecule has 0 aliphatic carbocycles. The van der Waals surface area contributed by atoms with E-state index < -0.39 is 0 Å². The molecular weight excluding hydrogens is 230 g/mol. The van der Waals surface area contributed by atoms with Crippen molar-refractivity contribution in [2.75, 3.05) is 11.9 Å². The molecule has 0 saturated carbocycles. The van der Waals surface area contributed by atoms with Crippen LogP contribution >= 0.6 is 11.3 Å². The number of hydrogen-bond acceptors (Lipinski definition) is 3. The van der Waals surface area contributed by atoms with Crippen LogP contribution < -0.4 is 4.90 Å². The Morgan fingerprint density at radius 1 is 1.18 bits per heavy atom. The van der Waals surface area contributed by atoms with E-state index in [0.717, 1.165) is 22.7 Å². The molecule has 1 heterocycles. The molecule has 0 aliphatic heterocycles. The Balaban J connectivity index is 2.08. The minimum atomic E-state index is 0.774. The van der Waals surface area contributed by atoms with Crippen molar-refractivity contribution < 1.29 is 4.79 Å². The highest BCUT2D eigenvalue weighted by Gasteiger charge is 2.05. The van der Waals surface area contributed by atoms with Gasteiger partial charge < -0.3 is 4.90 Å². The summed E-state index contributed by atoms with van der Waals surface area (Å²) in [6.45, 7) is 2.95. The number of rotatable bonds is 4. The summed E-state index contributed by atoms with van der Waals surface area (Å²) in [5, 5.41) is 1.12. The van der Waals surface area contributed by atoms with Crippen molar-refractivity contribution in [1.82, 2.24) is 0 Å². The predicted molar refractivity (Wildman–Crippen MR) is 73.0 cm³/mol. The second-order valence-electron chi connectivity index (χ2n) is 4.14. The second-order valence-corrected chi connectivity index (χ2v) is 5.23. The van der Waals surface area contributed by atoms with Crippen LogP contribution in [0.25, 0.3) is 0 Å². The monoisotopic (exact) mass is 245 g/mol. The molecule has 0 amide bonds. The topological polar surface area (TPSA) is 20.3 Å². The van der Waals surface area contributed by atoms with Crippen LogP contribution in [0.4, 0.5) is 5.00 Å². The third-order valence-corrected chi connectivity index (χ3v) is 3.77. The molecule has 0 radical (unpaired) electrons. The fourth-order valence-corrected chi connectivity index (χ4v) is 2.44. The number of nitrogens with zero attached hydrogens (tertiary/aromatic N) is 1. The molecule has 0 unspecified atom stereocenters. The van der Waals surface area contributed by atoms with E-state index in [-0.39, 0.29) is 0 Å². The lowest BCUT2D eigenvalue weighted by atomic mass is 10.1. The van der Waals surface area contributed by atoms with Gasteiger partial charge in [-0.15, -0.1) is 11.3 Å². The van der Waals surface area contributed by atoms with E-state index in [9.17, 15) is 4.79 Å².